The Labute approximate surface area is 202 Å². The van der Waals surface area contributed by atoms with Crippen LogP contribution in [0.1, 0.15) is 16.8 Å². The molecule has 3 rings (SSSR count). The van der Waals surface area contributed by atoms with E-state index in [1.54, 1.807) is 54.7 Å². The van der Waals surface area contributed by atoms with Crippen molar-refractivity contribution >= 4 is 20.0 Å². The van der Waals surface area contributed by atoms with Gasteiger partial charge < -0.3 is 0 Å². The maximum absolute atomic E-state index is 12.6. The molecule has 8 nitrogen and oxygen atoms in total. The lowest BCUT2D eigenvalue weighted by molar-refractivity contribution is 0.271. The second-order valence-electron chi connectivity index (χ2n) is 8.02. The maximum atomic E-state index is 12.6. The average molecular weight is 503 g/mol. The fraction of sp³-hybridized carbons (Fsp3) is 0.292. The second kappa shape index (κ2) is 11.7. The first kappa shape index (κ1) is 26.0. The van der Waals surface area contributed by atoms with E-state index in [-0.39, 0.29) is 22.9 Å². The predicted molar refractivity (Wildman–Crippen MR) is 132 cm³/mol. The number of aromatic nitrogens is 1. The van der Waals surface area contributed by atoms with Crippen LogP contribution < -0.4 is 9.44 Å². The SMILES string of the molecule is Cc1ccc(S(=O)(=O)NCCN(CCNS(=O)(=O)c2ccc(C)cc2)Cc2ccccn2)cc1. The van der Waals surface area contributed by atoms with E-state index < -0.39 is 20.0 Å². The van der Waals surface area contributed by atoms with Gasteiger partial charge in [-0.15, -0.1) is 0 Å². The quantitative estimate of drug-likeness (QED) is 0.394. The van der Waals surface area contributed by atoms with E-state index in [1.165, 1.54) is 0 Å². The van der Waals surface area contributed by atoms with Gasteiger partial charge in [0, 0.05) is 38.9 Å². The molecule has 2 N–H and O–H groups in total. The Morgan fingerprint density at radius 2 is 1.18 bits per heavy atom. The van der Waals surface area contributed by atoms with E-state index in [0.29, 0.717) is 19.6 Å². The van der Waals surface area contributed by atoms with Crippen LogP contribution in [0.15, 0.2) is 82.7 Å². The van der Waals surface area contributed by atoms with Gasteiger partial charge in [-0.3, -0.25) is 9.88 Å². The normalized spacial score (nSPS) is 12.2. The van der Waals surface area contributed by atoms with Crippen molar-refractivity contribution in [3.05, 3.63) is 89.7 Å². The standard InChI is InChI=1S/C24H30N4O4S2/c1-20-6-10-23(11-7-20)33(29,30)26-15-17-28(19-22-5-3-4-14-25-22)18-16-27-34(31,32)24-12-8-21(2)9-13-24/h3-14,26-27H,15-19H2,1-2H3. The maximum Gasteiger partial charge on any atom is 0.240 e. The first-order valence-electron chi connectivity index (χ1n) is 10.9. The first-order valence-corrected chi connectivity index (χ1v) is 13.9. The van der Waals surface area contributed by atoms with Crippen LogP contribution in [-0.4, -0.2) is 52.9 Å². The van der Waals surface area contributed by atoms with Crippen molar-refractivity contribution in [3.8, 4) is 0 Å². The molecule has 0 fully saturated rings. The molecule has 0 atom stereocenters. The zero-order chi connectivity index (χ0) is 24.6. The first-order chi connectivity index (χ1) is 16.2. The van der Waals surface area contributed by atoms with Crippen molar-refractivity contribution in [1.82, 2.24) is 19.3 Å². The minimum Gasteiger partial charge on any atom is -0.295 e. The molecule has 0 bridgehead atoms. The van der Waals surface area contributed by atoms with Gasteiger partial charge in [0.05, 0.1) is 15.5 Å². The van der Waals surface area contributed by atoms with Crippen molar-refractivity contribution in [3.63, 3.8) is 0 Å². The molecule has 0 radical (unpaired) electrons. The minimum atomic E-state index is -3.63. The van der Waals surface area contributed by atoms with Crippen LogP contribution in [0.5, 0.6) is 0 Å². The highest BCUT2D eigenvalue weighted by atomic mass is 32.2. The van der Waals surface area contributed by atoms with E-state index in [0.717, 1.165) is 16.8 Å². The summed E-state index contributed by atoms with van der Waals surface area (Å²) < 4.78 is 55.5. The summed E-state index contributed by atoms with van der Waals surface area (Å²) in [6, 6.07) is 18.9. The summed E-state index contributed by atoms with van der Waals surface area (Å²) >= 11 is 0. The molecule has 10 heteroatoms. The topological polar surface area (TPSA) is 108 Å². The van der Waals surface area contributed by atoms with Crippen LogP contribution in [0.25, 0.3) is 0 Å². The Balaban J connectivity index is 1.60. The van der Waals surface area contributed by atoms with Crippen molar-refractivity contribution < 1.29 is 16.8 Å². The largest absolute Gasteiger partial charge is 0.295 e. The fourth-order valence-corrected chi connectivity index (χ4v) is 5.31. The van der Waals surface area contributed by atoms with Crippen LogP contribution in [0.4, 0.5) is 0 Å². The molecule has 182 valence electrons. The van der Waals surface area contributed by atoms with E-state index in [1.807, 2.05) is 36.9 Å². The number of nitrogens with one attached hydrogen (secondary N) is 2. The van der Waals surface area contributed by atoms with Gasteiger partial charge in [0.2, 0.25) is 20.0 Å². The molecule has 0 saturated heterocycles. The van der Waals surface area contributed by atoms with Gasteiger partial charge in [-0.1, -0.05) is 41.5 Å². The molecule has 34 heavy (non-hydrogen) atoms. The van der Waals surface area contributed by atoms with E-state index in [4.69, 9.17) is 0 Å². The molecular formula is C24H30N4O4S2. The summed E-state index contributed by atoms with van der Waals surface area (Å²) in [5, 5.41) is 0. The number of hydrogen-bond donors (Lipinski definition) is 2. The van der Waals surface area contributed by atoms with Gasteiger partial charge in [-0.2, -0.15) is 0 Å². The number of pyridine rings is 1. The van der Waals surface area contributed by atoms with Gasteiger partial charge in [0.25, 0.3) is 0 Å². The Morgan fingerprint density at radius 3 is 1.59 bits per heavy atom. The van der Waals surface area contributed by atoms with Gasteiger partial charge in [0.15, 0.2) is 0 Å². The highest BCUT2D eigenvalue weighted by Gasteiger charge is 2.16. The molecular weight excluding hydrogens is 472 g/mol. The molecule has 2 aromatic carbocycles. The van der Waals surface area contributed by atoms with Crippen LogP contribution in [0.2, 0.25) is 0 Å². The molecule has 0 saturated carbocycles. The van der Waals surface area contributed by atoms with Crippen molar-refractivity contribution in [2.45, 2.75) is 30.2 Å². The predicted octanol–water partition coefficient (Wildman–Crippen LogP) is 2.46. The summed E-state index contributed by atoms with van der Waals surface area (Å²) in [7, 11) is -7.27. The molecule has 0 amide bonds. The molecule has 3 aromatic rings. The number of benzene rings is 2. The van der Waals surface area contributed by atoms with Crippen LogP contribution in [0.3, 0.4) is 0 Å². The van der Waals surface area contributed by atoms with Gasteiger partial charge in [0.1, 0.15) is 0 Å². The van der Waals surface area contributed by atoms with Gasteiger partial charge in [-0.05, 0) is 50.2 Å². The number of nitrogens with zero attached hydrogens (tertiary/aromatic N) is 2. The number of aryl methyl sites for hydroxylation is 2. The Kier molecular flexibility index (Phi) is 8.92. The molecule has 0 aliphatic heterocycles. The third-order valence-electron chi connectivity index (χ3n) is 5.21. The highest BCUT2D eigenvalue weighted by molar-refractivity contribution is 7.89. The smallest absolute Gasteiger partial charge is 0.240 e. The number of hydrogen-bond acceptors (Lipinski definition) is 6. The molecule has 0 spiro atoms. The lowest BCUT2D eigenvalue weighted by Gasteiger charge is -2.22. The van der Waals surface area contributed by atoms with E-state index in [2.05, 4.69) is 14.4 Å². The monoisotopic (exact) mass is 502 g/mol. The van der Waals surface area contributed by atoms with Crippen molar-refractivity contribution in [2.75, 3.05) is 26.2 Å². The minimum absolute atomic E-state index is 0.174. The third kappa shape index (κ3) is 7.71. The fourth-order valence-electron chi connectivity index (χ4n) is 3.27. The number of rotatable bonds is 12. The summed E-state index contributed by atoms with van der Waals surface area (Å²) in [4.78, 5) is 6.70. The molecule has 0 aliphatic rings. The molecule has 1 heterocycles. The Morgan fingerprint density at radius 1 is 0.706 bits per heavy atom. The lowest BCUT2D eigenvalue weighted by Crippen LogP contribution is -2.39. The Hall–Kier alpha value is -2.63. The summed E-state index contributed by atoms with van der Waals surface area (Å²) in [5.41, 5.74) is 2.77. The third-order valence-corrected chi connectivity index (χ3v) is 8.17. The molecule has 0 aliphatic carbocycles. The van der Waals surface area contributed by atoms with Crippen molar-refractivity contribution in [2.24, 2.45) is 0 Å². The van der Waals surface area contributed by atoms with Crippen molar-refractivity contribution in [1.29, 1.82) is 0 Å². The van der Waals surface area contributed by atoms with Crippen LogP contribution >= 0.6 is 0 Å². The number of sulfonamides is 2. The molecule has 0 unspecified atom stereocenters. The summed E-state index contributed by atoms with van der Waals surface area (Å²) in [6.45, 7) is 5.36. The summed E-state index contributed by atoms with van der Waals surface area (Å²) in [5.74, 6) is 0. The van der Waals surface area contributed by atoms with E-state index >= 15 is 0 Å². The van der Waals surface area contributed by atoms with Crippen LogP contribution in [0, 0.1) is 13.8 Å². The molecule has 1 aromatic heterocycles. The summed E-state index contributed by atoms with van der Waals surface area (Å²) in [6.07, 6.45) is 1.69. The lowest BCUT2D eigenvalue weighted by atomic mass is 10.2. The average Bonchev–Trinajstić information content (AvgIpc) is 2.80. The van der Waals surface area contributed by atoms with Crippen LogP contribution in [-0.2, 0) is 26.6 Å². The van der Waals surface area contributed by atoms with E-state index in [9.17, 15) is 16.8 Å². The van der Waals surface area contributed by atoms with Gasteiger partial charge in [-0.25, -0.2) is 26.3 Å². The zero-order valence-electron chi connectivity index (χ0n) is 19.3. The zero-order valence-corrected chi connectivity index (χ0v) is 20.9. The Bertz CT molecular complexity index is 1180. The van der Waals surface area contributed by atoms with Gasteiger partial charge >= 0.3 is 0 Å². The highest BCUT2D eigenvalue weighted by Crippen LogP contribution is 2.11. The second-order valence-corrected chi connectivity index (χ2v) is 11.6.